The largest absolute Gasteiger partial charge is 0.374 e. The zero-order valence-electron chi connectivity index (χ0n) is 8.51. The smallest absolute Gasteiger partial charge is 0.261 e. The SMILES string of the molecule is CN1CCC(NCCOCC(F)F)C1. The van der Waals surface area contributed by atoms with Gasteiger partial charge in [0.05, 0.1) is 6.61 Å². The Hall–Kier alpha value is -0.260. The summed E-state index contributed by atoms with van der Waals surface area (Å²) in [5, 5.41) is 3.27. The number of hydrogen-bond donors (Lipinski definition) is 1. The summed E-state index contributed by atoms with van der Waals surface area (Å²) in [5.41, 5.74) is 0. The van der Waals surface area contributed by atoms with E-state index in [4.69, 9.17) is 4.74 Å². The van der Waals surface area contributed by atoms with Crippen LogP contribution in [-0.4, -0.2) is 57.3 Å². The van der Waals surface area contributed by atoms with E-state index in [1.54, 1.807) is 0 Å². The van der Waals surface area contributed by atoms with Gasteiger partial charge in [0.15, 0.2) is 0 Å². The average molecular weight is 208 g/mol. The topological polar surface area (TPSA) is 24.5 Å². The second-order valence-corrected chi connectivity index (χ2v) is 3.67. The van der Waals surface area contributed by atoms with Gasteiger partial charge in [0.25, 0.3) is 6.43 Å². The Labute approximate surface area is 83.4 Å². The summed E-state index contributed by atoms with van der Waals surface area (Å²) in [5.74, 6) is 0. The number of halogens is 2. The van der Waals surface area contributed by atoms with Gasteiger partial charge < -0.3 is 15.0 Å². The molecule has 5 heteroatoms. The van der Waals surface area contributed by atoms with Crippen molar-refractivity contribution in [3.63, 3.8) is 0 Å². The first-order valence-electron chi connectivity index (χ1n) is 4.96. The number of alkyl halides is 2. The molecule has 84 valence electrons. The summed E-state index contributed by atoms with van der Waals surface area (Å²) in [6, 6.07) is 0.496. The molecule has 1 aliphatic rings. The maximum atomic E-state index is 11.7. The predicted octanol–water partition coefficient (Wildman–Crippen LogP) is 0.562. The summed E-state index contributed by atoms with van der Waals surface area (Å²) in [6.07, 6.45) is -1.22. The third-order valence-corrected chi connectivity index (χ3v) is 2.31. The van der Waals surface area contributed by atoms with E-state index in [2.05, 4.69) is 17.3 Å². The molecule has 0 aliphatic carbocycles. The molecule has 1 atom stereocenters. The highest BCUT2D eigenvalue weighted by molar-refractivity contribution is 4.78. The Morgan fingerprint density at radius 2 is 2.36 bits per heavy atom. The molecule has 0 amide bonds. The molecular weight excluding hydrogens is 190 g/mol. The molecule has 0 aromatic carbocycles. The van der Waals surface area contributed by atoms with Crippen molar-refractivity contribution in [3.8, 4) is 0 Å². The summed E-state index contributed by atoms with van der Waals surface area (Å²) in [4.78, 5) is 2.25. The van der Waals surface area contributed by atoms with Crippen molar-refractivity contribution in [1.82, 2.24) is 10.2 Å². The van der Waals surface area contributed by atoms with Crippen LogP contribution >= 0.6 is 0 Å². The van der Waals surface area contributed by atoms with Crippen LogP contribution in [0, 0.1) is 0 Å². The summed E-state index contributed by atoms with van der Waals surface area (Å²) in [7, 11) is 2.08. The number of rotatable bonds is 6. The van der Waals surface area contributed by atoms with E-state index in [1.807, 2.05) is 0 Å². The van der Waals surface area contributed by atoms with Crippen molar-refractivity contribution in [2.24, 2.45) is 0 Å². The molecule has 1 rings (SSSR count). The number of nitrogens with zero attached hydrogens (tertiary/aromatic N) is 1. The lowest BCUT2D eigenvalue weighted by molar-refractivity contribution is 0.0183. The van der Waals surface area contributed by atoms with Crippen LogP contribution in [0.5, 0.6) is 0 Å². The van der Waals surface area contributed by atoms with Crippen molar-refractivity contribution in [2.45, 2.75) is 18.9 Å². The Morgan fingerprint density at radius 1 is 1.57 bits per heavy atom. The monoisotopic (exact) mass is 208 g/mol. The van der Waals surface area contributed by atoms with E-state index in [0.29, 0.717) is 19.2 Å². The first-order chi connectivity index (χ1) is 6.68. The molecule has 3 nitrogen and oxygen atoms in total. The molecule has 0 radical (unpaired) electrons. The third kappa shape index (κ3) is 4.83. The molecule has 1 fully saturated rings. The van der Waals surface area contributed by atoms with E-state index in [9.17, 15) is 8.78 Å². The molecular formula is C9H18F2N2O. The number of likely N-dealkylation sites (tertiary alicyclic amines) is 1. The number of ether oxygens (including phenoxy) is 1. The summed E-state index contributed by atoms with van der Waals surface area (Å²) in [6.45, 7) is 2.71. The van der Waals surface area contributed by atoms with Crippen LogP contribution in [0.4, 0.5) is 8.78 Å². The molecule has 0 spiro atoms. The van der Waals surface area contributed by atoms with E-state index in [1.165, 1.54) is 0 Å². The summed E-state index contributed by atoms with van der Waals surface area (Å²) >= 11 is 0. The fourth-order valence-electron chi connectivity index (χ4n) is 1.61. The third-order valence-electron chi connectivity index (χ3n) is 2.31. The molecule has 1 N–H and O–H groups in total. The van der Waals surface area contributed by atoms with Gasteiger partial charge in [-0.25, -0.2) is 8.78 Å². The fraction of sp³-hybridized carbons (Fsp3) is 1.00. The zero-order chi connectivity index (χ0) is 10.4. The van der Waals surface area contributed by atoms with Gasteiger partial charge in [-0.15, -0.1) is 0 Å². The second-order valence-electron chi connectivity index (χ2n) is 3.67. The van der Waals surface area contributed by atoms with Crippen LogP contribution in [0.25, 0.3) is 0 Å². The highest BCUT2D eigenvalue weighted by Crippen LogP contribution is 2.05. The van der Waals surface area contributed by atoms with Gasteiger partial charge in [-0.2, -0.15) is 0 Å². The van der Waals surface area contributed by atoms with Crippen LogP contribution < -0.4 is 5.32 Å². The molecule has 1 heterocycles. The van der Waals surface area contributed by atoms with Crippen molar-refractivity contribution in [1.29, 1.82) is 0 Å². The normalized spacial score (nSPS) is 23.6. The van der Waals surface area contributed by atoms with Gasteiger partial charge in [0.1, 0.15) is 6.61 Å². The number of hydrogen-bond acceptors (Lipinski definition) is 3. The number of likely N-dealkylation sites (N-methyl/N-ethyl adjacent to an activating group) is 1. The Bertz CT molecular complexity index is 158. The van der Waals surface area contributed by atoms with Gasteiger partial charge in [0.2, 0.25) is 0 Å². The van der Waals surface area contributed by atoms with Crippen LogP contribution in [0.2, 0.25) is 0 Å². The standard InChI is InChI=1S/C9H18F2N2O/c1-13-4-2-8(6-13)12-3-5-14-7-9(10)11/h8-9,12H,2-7H2,1H3. The molecule has 1 saturated heterocycles. The Balaban J connectivity index is 1.89. The van der Waals surface area contributed by atoms with Gasteiger partial charge >= 0.3 is 0 Å². The minimum absolute atomic E-state index is 0.366. The van der Waals surface area contributed by atoms with Crippen molar-refractivity contribution >= 4 is 0 Å². The quantitative estimate of drug-likeness (QED) is 0.646. The summed E-state index contributed by atoms with van der Waals surface area (Å²) < 4.78 is 28.1. The minimum Gasteiger partial charge on any atom is -0.374 e. The molecule has 14 heavy (non-hydrogen) atoms. The van der Waals surface area contributed by atoms with E-state index >= 15 is 0 Å². The van der Waals surface area contributed by atoms with E-state index in [-0.39, 0.29) is 0 Å². The van der Waals surface area contributed by atoms with Gasteiger partial charge in [-0.05, 0) is 20.0 Å². The zero-order valence-corrected chi connectivity index (χ0v) is 8.51. The van der Waals surface area contributed by atoms with Crippen molar-refractivity contribution in [3.05, 3.63) is 0 Å². The van der Waals surface area contributed by atoms with Gasteiger partial charge in [0, 0.05) is 19.1 Å². The molecule has 0 bridgehead atoms. The van der Waals surface area contributed by atoms with Crippen molar-refractivity contribution < 1.29 is 13.5 Å². The maximum Gasteiger partial charge on any atom is 0.261 e. The average Bonchev–Trinajstić information content (AvgIpc) is 2.50. The van der Waals surface area contributed by atoms with Gasteiger partial charge in [-0.3, -0.25) is 0 Å². The lowest BCUT2D eigenvalue weighted by Gasteiger charge is -2.12. The van der Waals surface area contributed by atoms with Crippen LogP contribution in [0.15, 0.2) is 0 Å². The second kappa shape index (κ2) is 6.27. The van der Waals surface area contributed by atoms with Crippen LogP contribution in [0.1, 0.15) is 6.42 Å². The van der Waals surface area contributed by atoms with Crippen molar-refractivity contribution in [2.75, 3.05) is 39.9 Å². The molecule has 1 aliphatic heterocycles. The minimum atomic E-state index is -2.35. The lowest BCUT2D eigenvalue weighted by Crippen LogP contribution is -2.34. The lowest BCUT2D eigenvalue weighted by atomic mass is 10.3. The molecule has 0 aromatic heterocycles. The first kappa shape index (κ1) is 11.8. The Kier molecular flexibility index (Phi) is 5.29. The Morgan fingerprint density at radius 3 is 2.93 bits per heavy atom. The van der Waals surface area contributed by atoms with E-state index in [0.717, 1.165) is 19.5 Å². The van der Waals surface area contributed by atoms with Gasteiger partial charge in [-0.1, -0.05) is 0 Å². The molecule has 0 saturated carbocycles. The predicted molar refractivity (Wildman–Crippen MR) is 50.7 cm³/mol. The van der Waals surface area contributed by atoms with E-state index < -0.39 is 13.0 Å². The first-order valence-corrected chi connectivity index (χ1v) is 4.96. The maximum absolute atomic E-state index is 11.7. The van der Waals surface area contributed by atoms with Crippen LogP contribution in [0.3, 0.4) is 0 Å². The highest BCUT2D eigenvalue weighted by Gasteiger charge is 2.17. The number of nitrogens with one attached hydrogen (secondary N) is 1. The van der Waals surface area contributed by atoms with Crippen LogP contribution in [-0.2, 0) is 4.74 Å². The molecule has 0 aromatic rings. The molecule has 1 unspecified atom stereocenters. The fourth-order valence-corrected chi connectivity index (χ4v) is 1.61. The highest BCUT2D eigenvalue weighted by atomic mass is 19.3.